The van der Waals surface area contributed by atoms with Crippen molar-refractivity contribution in [2.45, 2.75) is 59.3 Å². The second-order valence-electron chi connectivity index (χ2n) is 6.83. The molecule has 0 amide bonds. The zero-order chi connectivity index (χ0) is 16.5. The van der Waals surface area contributed by atoms with Crippen LogP contribution in [-0.2, 0) is 9.53 Å². The summed E-state index contributed by atoms with van der Waals surface area (Å²) >= 11 is 0. The summed E-state index contributed by atoms with van der Waals surface area (Å²) in [5, 5.41) is 0. The van der Waals surface area contributed by atoms with Crippen LogP contribution in [0.3, 0.4) is 0 Å². The highest BCUT2D eigenvalue weighted by atomic mass is 16.5. The quantitative estimate of drug-likeness (QED) is 0.635. The van der Waals surface area contributed by atoms with E-state index in [4.69, 9.17) is 9.47 Å². The molecule has 2 unspecified atom stereocenters. The molecule has 0 N–H and O–H groups in total. The minimum atomic E-state index is -0.680. The largest absolute Gasteiger partial charge is 0.425 e. The van der Waals surface area contributed by atoms with Crippen molar-refractivity contribution in [1.82, 2.24) is 4.90 Å². The van der Waals surface area contributed by atoms with Gasteiger partial charge in [-0.2, -0.15) is 0 Å². The van der Waals surface area contributed by atoms with Gasteiger partial charge in [-0.05, 0) is 52.7 Å². The molecule has 2 rings (SSSR count). The molecule has 2 atom stereocenters. The molecule has 4 heteroatoms. The van der Waals surface area contributed by atoms with Crippen LogP contribution in [0.15, 0.2) is 18.2 Å². The summed E-state index contributed by atoms with van der Waals surface area (Å²) in [5.74, 6) is 0.459. The Kier molecular flexibility index (Phi) is 4.93. The van der Waals surface area contributed by atoms with Gasteiger partial charge < -0.3 is 9.47 Å². The van der Waals surface area contributed by atoms with E-state index in [0.717, 1.165) is 24.2 Å². The number of para-hydroxylation sites is 1. The molecular formula is C18H27NO3. The Morgan fingerprint density at radius 2 is 1.68 bits per heavy atom. The van der Waals surface area contributed by atoms with Gasteiger partial charge in [0.1, 0.15) is 11.3 Å². The van der Waals surface area contributed by atoms with Crippen molar-refractivity contribution in [2.24, 2.45) is 0 Å². The first-order chi connectivity index (χ1) is 10.2. The smallest absolute Gasteiger partial charge is 0.331 e. The number of aryl methyl sites for hydroxylation is 2. The van der Waals surface area contributed by atoms with Crippen molar-refractivity contribution in [3.8, 4) is 5.75 Å². The molecule has 1 saturated heterocycles. The molecule has 1 aromatic carbocycles. The normalized spacial score (nSPS) is 23.4. The van der Waals surface area contributed by atoms with Crippen LogP contribution in [0.1, 0.15) is 38.8 Å². The molecule has 0 aliphatic carbocycles. The summed E-state index contributed by atoms with van der Waals surface area (Å²) in [6, 6.07) is 5.89. The molecule has 4 nitrogen and oxygen atoms in total. The standard InChI is InChI=1S/C18H27NO3/c1-12-8-7-9-13(2)16(12)22-17(20)18(5,6)19-10-14(3)21-15(4)11-19/h7-9,14-15H,10-11H2,1-6H3. The topological polar surface area (TPSA) is 38.8 Å². The number of carbonyl (C=O) groups is 1. The minimum Gasteiger partial charge on any atom is -0.425 e. The molecule has 1 aliphatic heterocycles. The van der Waals surface area contributed by atoms with Gasteiger partial charge in [0.25, 0.3) is 0 Å². The highest BCUT2D eigenvalue weighted by Gasteiger charge is 2.40. The number of ether oxygens (including phenoxy) is 2. The van der Waals surface area contributed by atoms with E-state index in [1.807, 2.05) is 59.7 Å². The Morgan fingerprint density at radius 3 is 2.18 bits per heavy atom. The van der Waals surface area contributed by atoms with Crippen LogP contribution in [0, 0.1) is 13.8 Å². The van der Waals surface area contributed by atoms with E-state index in [1.54, 1.807) is 0 Å². The molecule has 1 heterocycles. The van der Waals surface area contributed by atoms with E-state index in [2.05, 4.69) is 4.90 Å². The number of hydrogen-bond acceptors (Lipinski definition) is 4. The average molecular weight is 305 g/mol. The number of benzene rings is 1. The van der Waals surface area contributed by atoms with Crippen LogP contribution in [0.25, 0.3) is 0 Å². The molecule has 122 valence electrons. The van der Waals surface area contributed by atoms with Crippen LogP contribution in [0.2, 0.25) is 0 Å². The van der Waals surface area contributed by atoms with Gasteiger partial charge >= 0.3 is 5.97 Å². The first-order valence-corrected chi connectivity index (χ1v) is 7.91. The highest BCUT2D eigenvalue weighted by molar-refractivity contribution is 5.82. The van der Waals surface area contributed by atoms with Gasteiger partial charge in [-0.15, -0.1) is 0 Å². The zero-order valence-corrected chi connectivity index (χ0v) is 14.5. The Hall–Kier alpha value is -1.39. The van der Waals surface area contributed by atoms with Crippen LogP contribution in [0.5, 0.6) is 5.75 Å². The van der Waals surface area contributed by atoms with E-state index in [1.165, 1.54) is 0 Å². The van der Waals surface area contributed by atoms with E-state index in [-0.39, 0.29) is 18.2 Å². The number of morpholine rings is 1. The minimum absolute atomic E-state index is 0.121. The van der Waals surface area contributed by atoms with E-state index in [0.29, 0.717) is 5.75 Å². The molecule has 1 fully saturated rings. The molecule has 22 heavy (non-hydrogen) atoms. The highest BCUT2D eigenvalue weighted by Crippen LogP contribution is 2.27. The summed E-state index contributed by atoms with van der Waals surface area (Å²) in [6.45, 7) is 13.3. The van der Waals surface area contributed by atoms with Crippen molar-refractivity contribution in [2.75, 3.05) is 13.1 Å². The lowest BCUT2D eigenvalue weighted by molar-refractivity contribution is -0.155. The third kappa shape index (κ3) is 3.50. The monoisotopic (exact) mass is 305 g/mol. The third-order valence-corrected chi connectivity index (χ3v) is 4.31. The van der Waals surface area contributed by atoms with Crippen LogP contribution in [0.4, 0.5) is 0 Å². The maximum atomic E-state index is 12.7. The maximum Gasteiger partial charge on any atom is 0.331 e. The Morgan fingerprint density at radius 1 is 1.18 bits per heavy atom. The first kappa shape index (κ1) is 17.0. The van der Waals surface area contributed by atoms with Crippen molar-refractivity contribution in [1.29, 1.82) is 0 Å². The lowest BCUT2D eigenvalue weighted by atomic mass is 10.00. The molecular weight excluding hydrogens is 278 g/mol. The van der Waals surface area contributed by atoms with Gasteiger partial charge in [-0.25, -0.2) is 4.79 Å². The summed E-state index contributed by atoms with van der Waals surface area (Å²) in [5.41, 5.74) is 1.28. The van der Waals surface area contributed by atoms with Gasteiger partial charge in [0, 0.05) is 13.1 Å². The van der Waals surface area contributed by atoms with Crippen LogP contribution in [-0.4, -0.2) is 41.7 Å². The number of esters is 1. The van der Waals surface area contributed by atoms with Crippen LogP contribution >= 0.6 is 0 Å². The van der Waals surface area contributed by atoms with Crippen LogP contribution < -0.4 is 4.74 Å². The summed E-state index contributed by atoms with van der Waals surface area (Å²) in [7, 11) is 0. The zero-order valence-electron chi connectivity index (χ0n) is 14.5. The molecule has 1 aliphatic rings. The number of carbonyl (C=O) groups excluding carboxylic acids is 1. The fourth-order valence-corrected chi connectivity index (χ4v) is 2.94. The van der Waals surface area contributed by atoms with Gasteiger partial charge in [0.15, 0.2) is 0 Å². The van der Waals surface area contributed by atoms with Crippen molar-refractivity contribution >= 4 is 5.97 Å². The number of hydrogen-bond donors (Lipinski definition) is 0. The predicted molar refractivity (Wildman–Crippen MR) is 87.2 cm³/mol. The lowest BCUT2D eigenvalue weighted by Gasteiger charge is -2.43. The molecule has 0 radical (unpaired) electrons. The SMILES string of the molecule is Cc1cccc(C)c1OC(=O)C(C)(C)N1CC(C)OC(C)C1. The van der Waals surface area contributed by atoms with Crippen molar-refractivity contribution < 1.29 is 14.3 Å². The number of nitrogens with zero attached hydrogens (tertiary/aromatic N) is 1. The van der Waals surface area contributed by atoms with Gasteiger partial charge in [0.05, 0.1) is 12.2 Å². The second kappa shape index (κ2) is 6.39. The van der Waals surface area contributed by atoms with E-state index in [9.17, 15) is 4.79 Å². The lowest BCUT2D eigenvalue weighted by Crippen LogP contribution is -2.59. The Bertz CT molecular complexity index is 523. The van der Waals surface area contributed by atoms with E-state index < -0.39 is 5.54 Å². The van der Waals surface area contributed by atoms with Gasteiger partial charge in [-0.3, -0.25) is 4.90 Å². The van der Waals surface area contributed by atoms with Crippen molar-refractivity contribution in [3.05, 3.63) is 29.3 Å². The summed E-state index contributed by atoms with van der Waals surface area (Å²) < 4.78 is 11.5. The Labute approximate surface area is 133 Å². The first-order valence-electron chi connectivity index (χ1n) is 7.91. The average Bonchev–Trinajstić information content (AvgIpc) is 2.41. The fraction of sp³-hybridized carbons (Fsp3) is 0.611. The molecule has 0 spiro atoms. The molecule has 0 saturated carbocycles. The maximum absolute atomic E-state index is 12.7. The van der Waals surface area contributed by atoms with E-state index >= 15 is 0 Å². The predicted octanol–water partition coefficient (Wildman–Crippen LogP) is 3.10. The molecule has 0 aromatic heterocycles. The van der Waals surface area contributed by atoms with Gasteiger partial charge in [0.2, 0.25) is 0 Å². The summed E-state index contributed by atoms with van der Waals surface area (Å²) in [6.07, 6.45) is 0.243. The summed E-state index contributed by atoms with van der Waals surface area (Å²) in [4.78, 5) is 14.9. The van der Waals surface area contributed by atoms with Gasteiger partial charge in [-0.1, -0.05) is 18.2 Å². The number of rotatable bonds is 3. The second-order valence-corrected chi connectivity index (χ2v) is 6.83. The Balaban J connectivity index is 2.17. The molecule has 1 aromatic rings. The van der Waals surface area contributed by atoms with Crippen molar-refractivity contribution in [3.63, 3.8) is 0 Å². The third-order valence-electron chi connectivity index (χ3n) is 4.31. The molecule has 0 bridgehead atoms. The fourth-order valence-electron chi connectivity index (χ4n) is 2.94.